The van der Waals surface area contributed by atoms with E-state index in [2.05, 4.69) is 10.6 Å². The Morgan fingerprint density at radius 1 is 0.903 bits per heavy atom. The summed E-state index contributed by atoms with van der Waals surface area (Å²) in [6.07, 6.45) is 0.210. The van der Waals surface area contributed by atoms with E-state index in [9.17, 15) is 14.4 Å². The number of benzene rings is 3. The van der Waals surface area contributed by atoms with Gasteiger partial charge >= 0.3 is 0 Å². The normalized spacial score (nSPS) is 10.5. The highest BCUT2D eigenvalue weighted by Gasteiger charge is 2.10. The van der Waals surface area contributed by atoms with E-state index in [0.29, 0.717) is 18.8 Å². The van der Waals surface area contributed by atoms with Crippen LogP contribution in [0.3, 0.4) is 0 Å². The van der Waals surface area contributed by atoms with Crippen molar-refractivity contribution in [2.75, 3.05) is 18.4 Å². The van der Waals surface area contributed by atoms with Crippen molar-refractivity contribution in [3.63, 3.8) is 0 Å². The molecule has 3 amide bonds. The zero-order chi connectivity index (χ0) is 22.2. The fraction of sp³-hybridized carbons (Fsp3) is 0.240. The van der Waals surface area contributed by atoms with Crippen molar-refractivity contribution < 1.29 is 14.4 Å². The van der Waals surface area contributed by atoms with Crippen LogP contribution < -0.4 is 10.6 Å². The first-order chi connectivity index (χ1) is 15.0. The minimum atomic E-state index is -0.303. The van der Waals surface area contributed by atoms with Crippen LogP contribution >= 0.6 is 0 Å². The average Bonchev–Trinajstić information content (AvgIpc) is 2.76. The predicted octanol–water partition coefficient (Wildman–Crippen LogP) is 3.51. The number of nitrogens with one attached hydrogen (secondary N) is 2. The van der Waals surface area contributed by atoms with Crippen LogP contribution in [0.4, 0.5) is 5.69 Å². The molecule has 2 N–H and O–H groups in total. The number of fused-ring (bicyclic) bond motifs is 1. The van der Waals surface area contributed by atoms with Crippen LogP contribution in [0.1, 0.15) is 25.0 Å². The Bertz CT molecular complexity index is 1090. The third kappa shape index (κ3) is 6.15. The van der Waals surface area contributed by atoms with Crippen molar-refractivity contribution in [1.29, 1.82) is 0 Å². The molecule has 0 unspecified atom stereocenters. The van der Waals surface area contributed by atoms with E-state index >= 15 is 0 Å². The summed E-state index contributed by atoms with van der Waals surface area (Å²) in [6, 6.07) is 21.1. The first-order valence-electron chi connectivity index (χ1n) is 10.3. The fourth-order valence-electron chi connectivity index (χ4n) is 3.48. The molecule has 0 saturated carbocycles. The molecule has 6 heteroatoms. The number of hydrogen-bond donors (Lipinski definition) is 2. The maximum atomic E-state index is 12.4. The number of hydrogen-bond acceptors (Lipinski definition) is 3. The summed E-state index contributed by atoms with van der Waals surface area (Å²) in [5, 5.41) is 7.59. The van der Waals surface area contributed by atoms with Gasteiger partial charge in [-0.15, -0.1) is 0 Å². The molecule has 31 heavy (non-hydrogen) atoms. The lowest BCUT2D eigenvalue weighted by molar-refractivity contribution is -0.129. The highest BCUT2D eigenvalue weighted by molar-refractivity contribution is 5.96. The van der Waals surface area contributed by atoms with Crippen molar-refractivity contribution in [2.24, 2.45) is 0 Å². The van der Waals surface area contributed by atoms with E-state index in [4.69, 9.17) is 0 Å². The molecule has 0 saturated heterocycles. The molecular formula is C25H27N3O3. The predicted molar refractivity (Wildman–Crippen MR) is 122 cm³/mol. The molecule has 3 aromatic rings. The highest BCUT2D eigenvalue weighted by Crippen LogP contribution is 2.19. The van der Waals surface area contributed by atoms with Crippen LogP contribution in [0, 0.1) is 0 Å². The van der Waals surface area contributed by atoms with E-state index in [1.54, 1.807) is 11.0 Å². The Balaban J connectivity index is 1.53. The van der Waals surface area contributed by atoms with Gasteiger partial charge in [0.15, 0.2) is 0 Å². The van der Waals surface area contributed by atoms with E-state index < -0.39 is 0 Å². The molecule has 0 radical (unpaired) electrons. The molecule has 0 atom stereocenters. The lowest BCUT2D eigenvalue weighted by atomic mass is 10.0. The molecule has 6 nitrogen and oxygen atoms in total. The van der Waals surface area contributed by atoms with Gasteiger partial charge in [0.2, 0.25) is 17.7 Å². The monoisotopic (exact) mass is 417 g/mol. The Morgan fingerprint density at radius 3 is 2.42 bits per heavy atom. The molecule has 0 aliphatic carbocycles. The average molecular weight is 418 g/mol. The first-order valence-corrected chi connectivity index (χ1v) is 10.3. The van der Waals surface area contributed by atoms with Crippen LogP contribution in [0.25, 0.3) is 10.8 Å². The summed E-state index contributed by atoms with van der Waals surface area (Å²) >= 11 is 0. The topological polar surface area (TPSA) is 78.5 Å². The largest absolute Gasteiger partial charge is 0.347 e. The Kier molecular flexibility index (Phi) is 7.38. The van der Waals surface area contributed by atoms with Crippen molar-refractivity contribution in [2.45, 2.75) is 26.8 Å². The summed E-state index contributed by atoms with van der Waals surface area (Å²) in [5.41, 5.74) is 2.48. The van der Waals surface area contributed by atoms with Gasteiger partial charge in [-0.1, -0.05) is 54.6 Å². The van der Waals surface area contributed by atoms with Crippen LogP contribution in [0.15, 0.2) is 66.7 Å². The van der Waals surface area contributed by atoms with E-state index in [-0.39, 0.29) is 30.7 Å². The smallest absolute Gasteiger partial charge is 0.243 e. The molecule has 0 aliphatic rings. The summed E-state index contributed by atoms with van der Waals surface area (Å²) in [6.45, 7) is 4.46. The van der Waals surface area contributed by atoms with Crippen LogP contribution in [-0.4, -0.2) is 35.7 Å². The lowest BCUT2D eigenvalue weighted by Gasteiger charge is -2.19. The van der Waals surface area contributed by atoms with Crippen molar-refractivity contribution in [3.8, 4) is 0 Å². The van der Waals surface area contributed by atoms with Gasteiger partial charge in [0.05, 0.1) is 13.0 Å². The van der Waals surface area contributed by atoms with Gasteiger partial charge in [-0.05, 0) is 41.0 Å². The number of amides is 3. The quantitative estimate of drug-likeness (QED) is 0.589. The molecule has 3 rings (SSSR count). The minimum Gasteiger partial charge on any atom is -0.347 e. The molecule has 0 aliphatic heterocycles. The Morgan fingerprint density at radius 2 is 1.65 bits per heavy atom. The van der Waals surface area contributed by atoms with E-state index in [0.717, 1.165) is 21.9 Å². The molecule has 0 fully saturated rings. The molecule has 0 spiro atoms. The number of carbonyl (C=O) groups is 3. The zero-order valence-electron chi connectivity index (χ0n) is 17.9. The third-order valence-corrected chi connectivity index (χ3v) is 5.09. The molecule has 0 bridgehead atoms. The van der Waals surface area contributed by atoms with Gasteiger partial charge < -0.3 is 15.5 Å². The second-order valence-corrected chi connectivity index (χ2v) is 7.37. The number of anilines is 1. The number of nitrogens with zero attached hydrogens (tertiary/aromatic N) is 1. The second kappa shape index (κ2) is 10.4. The zero-order valence-corrected chi connectivity index (χ0v) is 17.9. The van der Waals surface area contributed by atoms with Gasteiger partial charge in [0, 0.05) is 25.7 Å². The van der Waals surface area contributed by atoms with Crippen LogP contribution in [-0.2, 0) is 27.3 Å². The summed E-state index contributed by atoms with van der Waals surface area (Å²) in [4.78, 5) is 38.0. The summed E-state index contributed by atoms with van der Waals surface area (Å²) in [7, 11) is 0. The van der Waals surface area contributed by atoms with Crippen LogP contribution in [0.5, 0.6) is 0 Å². The maximum absolute atomic E-state index is 12.4. The van der Waals surface area contributed by atoms with Gasteiger partial charge in [0.1, 0.15) is 0 Å². The van der Waals surface area contributed by atoms with E-state index in [1.165, 1.54) is 6.92 Å². The Labute approximate surface area is 182 Å². The Hall–Kier alpha value is -3.67. The highest BCUT2D eigenvalue weighted by atomic mass is 16.2. The SMILES string of the molecule is CCN(Cc1cccc(NC(=O)CNC(=O)Cc2cccc3ccccc23)c1)C(C)=O. The molecule has 3 aromatic carbocycles. The van der Waals surface area contributed by atoms with Gasteiger partial charge in [0.25, 0.3) is 0 Å². The van der Waals surface area contributed by atoms with Gasteiger partial charge in [-0.3, -0.25) is 14.4 Å². The molecule has 0 aromatic heterocycles. The summed E-state index contributed by atoms with van der Waals surface area (Å²) in [5.74, 6) is -0.506. The van der Waals surface area contributed by atoms with Crippen molar-refractivity contribution >= 4 is 34.2 Å². The fourth-order valence-corrected chi connectivity index (χ4v) is 3.48. The van der Waals surface area contributed by atoms with Gasteiger partial charge in [-0.2, -0.15) is 0 Å². The number of rotatable bonds is 8. The first kappa shape index (κ1) is 22.0. The van der Waals surface area contributed by atoms with Crippen molar-refractivity contribution in [1.82, 2.24) is 10.2 Å². The molecule has 160 valence electrons. The summed E-state index contributed by atoms with van der Waals surface area (Å²) < 4.78 is 0. The van der Waals surface area contributed by atoms with Crippen LogP contribution in [0.2, 0.25) is 0 Å². The standard InChI is InChI=1S/C25H27N3O3/c1-3-28(18(2)29)17-19-8-6-12-22(14-19)27-25(31)16-26-24(30)15-21-11-7-10-20-9-4-5-13-23(20)21/h4-14H,3,15-17H2,1-2H3,(H,26,30)(H,27,31). The molecular weight excluding hydrogens is 390 g/mol. The van der Waals surface area contributed by atoms with Crippen molar-refractivity contribution in [3.05, 3.63) is 77.9 Å². The maximum Gasteiger partial charge on any atom is 0.243 e. The number of carbonyl (C=O) groups excluding carboxylic acids is 3. The molecule has 0 heterocycles. The second-order valence-electron chi connectivity index (χ2n) is 7.37. The minimum absolute atomic E-state index is 0.00541. The lowest BCUT2D eigenvalue weighted by Crippen LogP contribution is -2.33. The third-order valence-electron chi connectivity index (χ3n) is 5.09. The van der Waals surface area contributed by atoms with E-state index in [1.807, 2.05) is 67.6 Å². The van der Waals surface area contributed by atoms with Gasteiger partial charge in [-0.25, -0.2) is 0 Å².